The second-order valence-electron chi connectivity index (χ2n) is 8.29. The first kappa shape index (κ1) is 25.3. The van der Waals surface area contributed by atoms with E-state index in [9.17, 15) is 14.7 Å². The Morgan fingerprint density at radius 2 is 1.34 bits per heavy atom. The third kappa shape index (κ3) is 7.04. The summed E-state index contributed by atoms with van der Waals surface area (Å²) in [7, 11) is 2.21. The predicted octanol–water partition coefficient (Wildman–Crippen LogP) is 4.14. The number of carboxylic acids is 2. The monoisotopic (exact) mass is 439 g/mol. The van der Waals surface area contributed by atoms with E-state index in [1.807, 2.05) is 60.7 Å². The zero-order valence-corrected chi connectivity index (χ0v) is 18.7. The number of hydrogen-bond donors (Lipinski definition) is 3. The van der Waals surface area contributed by atoms with Gasteiger partial charge in [-0.05, 0) is 31.0 Å². The van der Waals surface area contributed by atoms with Gasteiger partial charge in [-0.3, -0.25) is 0 Å². The molecule has 1 unspecified atom stereocenters. The predicted molar refractivity (Wildman–Crippen MR) is 124 cm³/mol. The Balaban J connectivity index is 0.000000390. The average Bonchev–Trinajstić information content (AvgIpc) is 3.34. The van der Waals surface area contributed by atoms with Gasteiger partial charge in [0.25, 0.3) is 0 Å². The molecule has 0 aliphatic heterocycles. The summed E-state index contributed by atoms with van der Waals surface area (Å²) in [4.78, 5) is 21.6. The van der Waals surface area contributed by atoms with Crippen LogP contribution in [-0.4, -0.2) is 51.8 Å². The van der Waals surface area contributed by atoms with Crippen LogP contribution < -0.4 is 0 Å². The van der Waals surface area contributed by atoms with Crippen LogP contribution in [0.25, 0.3) is 0 Å². The largest absolute Gasteiger partial charge is 0.478 e. The van der Waals surface area contributed by atoms with E-state index in [1.165, 1.54) is 25.7 Å². The fourth-order valence-corrected chi connectivity index (χ4v) is 4.32. The van der Waals surface area contributed by atoms with E-state index in [0.29, 0.717) is 18.2 Å². The lowest BCUT2D eigenvalue weighted by atomic mass is 9.76. The molecular formula is C26H33NO5. The highest BCUT2D eigenvalue weighted by atomic mass is 16.4. The lowest BCUT2D eigenvalue weighted by Gasteiger charge is -2.38. The molecule has 6 nitrogen and oxygen atoms in total. The number of hydrogen-bond acceptors (Lipinski definition) is 4. The number of rotatable bonds is 8. The molecule has 0 saturated heterocycles. The molecule has 1 fully saturated rings. The summed E-state index contributed by atoms with van der Waals surface area (Å²) in [5, 5.41) is 27.4. The number of aliphatic carboxylic acids is 2. The Kier molecular flexibility index (Phi) is 9.62. The van der Waals surface area contributed by atoms with Gasteiger partial charge in [0, 0.05) is 30.7 Å². The zero-order chi connectivity index (χ0) is 23.6. The molecule has 3 N–H and O–H groups in total. The van der Waals surface area contributed by atoms with Gasteiger partial charge in [-0.25, -0.2) is 9.59 Å². The minimum absolute atomic E-state index is 0.105. The van der Waals surface area contributed by atoms with Crippen LogP contribution in [-0.2, 0) is 15.2 Å². The molecule has 3 rings (SSSR count). The van der Waals surface area contributed by atoms with Crippen LogP contribution in [0.4, 0.5) is 0 Å². The number of carboxylic acid groups (broad SMARTS) is 2. The Bertz CT molecular complexity index is 820. The maximum Gasteiger partial charge on any atom is 0.328 e. The van der Waals surface area contributed by atoms with Crippen molar-refractivity contribution in [1.29, 1.82) is 0 Å². The molecular weight excluding hydrogens is 406 g/mol. The highest BCUT2D eigenvalue weighted by molar-refractivity contribution is 5.89. The van der Waals surface area contributed by atoms with Gasteiger partial charge >= 0.3 is 11.9 Å². The Hall–Kier alpha value is -2.96. The van der Waals surface area contributed by atoms with E-state index in [4.69, 9.17) is 10.2 Å². The van der Waals surface area contributed by atoms with Crippen LogP contribution in [0.1, 0.15) is 43.7 Å². The lowest BCUT2D eigenvalue weighted by Crippen LogP contribution is -2.43. The van der Waals surface area contributed by atoms with Crippen molar-refractivity contribution < 1.29 is 24.9 Å². The quantitative estimate of drug-likeness (QED) is 0.535. The summed E-state index contributed by atoms with van der Waals surface area (Å²) in [6, 6.07) is 20.9. The van der Waals surface area contributed by atoms with Crippen molar-refractivity contribution >= 4 is 11.9 Å². The van der Waals surface area contributed by atoms with Crippen molar-refractivity contribution in [1.82, 2.24) is 4.90 Å². The van der Waals surface area contributed by atoms with Gasteiger partial charge in [0.1, 0.15) is 5.60 Å². The summed E-state index contributed by atoms with van der Waals surface area (Å²) < 4.78 is 0. The summed E-state index contributed by atoms with van der Waals surface area (Å²) in [5.41, 5.74) is 0.988. The first-order chi connectivity index (χ1) is 15.2. The maximum atomic E-state index is 11.8. The van der Waals surface area contributed by atoms with Crippen molar-refractivity contribution in [2.45, 2.75) is 44.2 Å². The van der Waals surface area contributed by atoms with Crippen LogP contribution in [0.5, 0.6) is 0 Å². The molecule has 1 aliphatic carbocycles. The minimum atomic E-state index is -1.26. The molecule has 1 aliphatic rings. The Morgan fingerprint density at radius 3 is 1.72 bits per heavy atom. The molecule has 0 radical (unpaired) electrons. The summed E-state index contributed by atoms with van der Waals surface area (Å²) >= 11 is 0. The summed E-state index contributed by atoms with van der Waals surface area (Å²) in [5.74, 6) is -2.41. The summed E-state index contributed by atoms with van der Waals surface area (Å²) in [6.07, 6.45) is 6.37. The van der Waals surface area contributed by atoms with Crippen LogP contribution in [0.2, 0.25) is 0 Å². The van der Waals surface area contributed by atoms with E-state index in [-0.39, 0.29) is 5.92 Å². The average molecular weight is 440 g/mol. The third-order valence-corrected chi connectivity index (χ3v) is 6.02. The van der Waals surface area contributed by atoms with Crippen LogP contribution >= 0.6 is 0 Å². The molecule has 0 amide bonds. The van der Waals surface area contributed by atoms with E-state index in [1.54, 1.807) is 0 Å². The molecule has 172 valence electrons. The number of benzene rings is 2. The van der Waals surface area contributed by atoms with Crippen LogP contribution in [0, 0.1) is 5.92 Å². The SMILES string of the molecule is CC(CN(C)C1CCCC1)C(O)(c1ccccc1)c1ccccc1.O=C(O)/C=C/C(=O)O. The molecule has 2 aromatic carbocycles. The highest BCUT2D eigenvalue weighted by Gasteiger charge is 2.38. The molecule has 0 heterocycles. The van der Waals surface area contributed by atoms with Gasteiger partial charge in [-0.15, -0.1) is 0 Å². The fourth-order valence-electron chi connectivity index (χ4n) is 4.32. The molecule has 1 atom stereocenters. The second-order valence-corrected chi connectivity index (χ2v) is 8.29. The molecule has 0 spiro atoms. The number of carbonyl (C=O) groups is 2. The number of aliphatic hydroxyl groups is 1. The van der Waals surface area contributed by atoms with Crippen molar-refractivity contribution in [3.63, 3.8) is 0 Å². The molecule has 0 bridgehead atoms. The molecule has 2 aromatic rings. The van der Waals surface area contributed by atoms with Gasteiger partial charge in [0.05, 0.1) is 0 Å². The van der Waals surface area contributed by atoms with E-state index >= 15 is 0 Å². The zero-order valence-electron chi connectivity index (χ0n) is 18.7. The second kappa shape index (κ2) is 12.2. The van der Waals surface area contributed by atoms with Crippen molar-refractivity contribution in [2.24, 2.45) is 5.92 Å². The highest BCUT2D eigenvalue weighted by Crippen LogP contribution is 2.37. The number of nitrogens with zero attached hydrogens (tertiary/aromatic N) is 1. The van der Waals surface area contributed by atoms with Gasteiger partial charge in [0.15, 0.2) is 0 Å². The van der Waals surface area contributed by atoms with Gasteiger partial charge in [0.2, 0.25) is 0 Å². The van der Waals surface area contributed by atoms with Gasteiger partial charge < -0.3 is 20.2 Å². The lowest BCUT2D eigenvalue weighted by molar-refractivity contribution is -0.134. The van der Waals surface area contributed by atoms with Gasteiger partial charge in [-0.1, -0.05) is 80.4 Å². The van der Waals surface area contributed by atoms with E-state index in [0.717, 1.165) is 17.7 Å². The molecule has 1 saturated carbocycles. The van der Waals surface area contributed by atoms with Crippen LogP contribution in [0.15, 0.2) is 72.8 Å². The smallest absolute Gasteiger partial charge is 0.328 e. The minimum Gasteiger partial charge on any atom is -0.478 e. The first-order valence-electron chi connectivity index (χ1n) is 10.9. The Morgan fingerprint density at radius 1 is 0.938 bits per heavy atom. The Labute approximate surface area is 189 Å². The van der Waals surface area contributed by atoms with E-state index in [2.05, 4.69) is 18.9 Å². The first-order valence-corrected chi connectivity index (χ1v) is 10.9. The van der Waals surface area contributed by atoms with Gasteiger partial charge in [-0.2, -0.15) is 0 Å². The summed E-state index contributed by atoms with van der Waals surface area (Å²) in [6.45, 7) is 3.07. The maximum absolute atomic E-state index is 11.8. The topological polar surface area (TPSA) is 98.1 Å². The van der Waals surface area contributed by atoms with Crippen molar-refractivity contribution in [3.05, 3.63) is 83.9 Å². The van der Waals surface area contributed by atoms with Crippen molar-refractivity contribution in [2.75, 3.05) is 13.6 Å². The third-order valence-electron chi connectivity index (χ3n) is 6.02. The molecule has 6 heteroatoms. The molecule has 32 heavy (non-hydrogen) atoms. The normalized spacial score (nSPS) is 15.4. The standard InChI is InChI=1S/C22H29NO.C4H4O4/c1-18(17-23(2)21-15-9-10-16-21)22(24,19-11-5-3-6-12-19)20-13-7-4-8-14-20;5-3(6)1-2-4(7)8/h3-8,11-14,18,21,24H,9-10,15-17H2,1-2H3;1-2H,(H,5,6)(H,7,8)/b;2-1+. The van der Waals surface area contributed by atoms with Crippen LogP contribution in [0.3, 0.4) is 0 Å². The fraction of sp³-hybridized carbons (Fsp3) is 0.385. The van der Waals surface area contributed by atoms with Crippen molar-refractivity contribution in [3.8, 4) is 0 Å². The molecule has 0 aromatic heterocycles. The van der Waals surface area contributed by atoms with E-state index < -0.39 is 17.5 Å².